The molecule has 2 N–H and O–H groups in total. The van der Waals surface area contributed by atoms with Gasteiger partial charge in [0.1, 0.15) is 10.9 Å². The van der Waals surface area contributed by atoms with Gasteiger partial charge >= 0.3 is 0 Å². The van der Waals surface area contributed by atoms with Crippen molar-refractivity contribution in [2.24, 2.45) is 0 Å². The van der Waals surface area contributed by atoms with Crippen LogP contribution in [-0.4, -0.2) is 39.9 Å². The highest BCUT2D eigenvalue weighted by atomic mass is 32.2. The summed E-state index contributed by atoms with van der Waals surface area (Å²) in [6, 6.07) is -0.0205. The van der Waals surface area contributed by atoms with Crippen molar-refractivity contribution >= 4 is 17.7 Å². The summed E-state index contributed by atoms with van der Waals surface area (Å²) in [6.45, 7) is 5.68. The lowest BCUT2D eigenvalue weighted by Gasteiger charge is -2.17. The molecule has 0 aliphatic carbocycles. The molecule has 1 amide bonds. The normalized spacial score (nSPS) is 12.3. The highest BCUT2D eigenvalue weighted by molar-refractivity contribution is 7.98. The SMILES string of the molecule is CCC(CCO)NC(=O)c1c(C)nc(C)nc1SC. The van der Waals surface area contributed by atoms with Gasteiger partial charge in [-0.05, 0) is 32.9 Å². The average Bonchev–Trinajstić information content (AvgIpc) is 2.36. The first-order valence-corrected chi connectivity index (χ1v) is 7.56. The number of nitrogens with zero attached hydrogens (tertiary/aromatic N) is 2. The molecular weight excluding hydrogens is 262 g/mol. The number of aliphatic hydroxyl groups excluding tert-OH is 1. The maximum atomic E-state index is 12.3. The van der Waals surface area contributed by atoms with Gasteiger partial charge in [0, 0.05) is 12.6 Å². The lowest BCUT2D eigenvalue weighted by molar-refractivity contribution is 0.0924. The number of aromatic nitrogens is 2. The molecule has 0 radical (unpaired) electrons. The molecule has 106 valence electrons. The number of aryl methyl sites for hydroxylation is 2. The van der Waals surface area contributed by atoms with E-state index in [1.807, 2.05) is 27.0 Å². The second kappa shape index (κ2) is 7.45. The summed E-state index contributed by atoms with van der Waals surface area (Å²) < 4.78 is 0. The van der Waals surface area contributed by atoms with Crippen molar-refractivity contribution in [3.05, 3.63) is 17.1 Å². The van der Waals surface area contributed by atoms with E-state index >= 15 is 0 Å². The van der Waals surface area contributed by atoms with Gasteiger partial charge in [0.05, 0.1) is 11.3 Å². The minimum absolute atomic E-state index is 0.0205. The highest BCUT2D eigenvalue weighted by Crippen LogP contribution is 2.20. The first-order valence-electron chi connectivity index (χ1n) is 6.34. The molecule has 0 spiro atoms. The molecule has 1 unspecified atom stereocenters. The van der Waals surface area contributed by atoms with Gasteiger partial charge in [0.2, 0.25) is 0 Å². The van der Waals surface area contributed by atoms with Crippen LogP contribution >= 0.6 is 11.8 Å². The van der Waals surface area contributed by atoms with E-state index < -0.39 is 0 Å². The molecule has 1 heterocycles. The van der Waals surface area contributed by atoms with Gasteiger partial charge in [-0.2, -0.15) is 0 Å². The van der Waals surface area contributed by atoms with E-state index in [-0.39, 0.29) is 18.6 Å². The molecule has 0 aliphatic rings. The van der Waals surface area contributed by atoms with Crippen molar-refractivity contribution in [1.29, 1.82) is 0 Å². The molecule has 0 aliphatic heterocycles. The quantitative estimate of drug-likeness (QED) is 0.614. The van der Waals surface area contributed by atoms with E-state index in [9.17, 15) is 4.79 Å². The number of rotatable bonds is 6. The van der Waals surface area contributed by atoms with Crippen LogP contribution < -0.4 is 5.32 Å². The summed E-state index contributed by atoms with van der Waals surface area (Å²) in [7, 11) is 0. The number of amides is 1. The van der Waals surface area contributed by atoms with E-state index in [1.165, 1.54) is 11.8 Å². The van der Waals surface area contributed by atoms with Gasteiger partial charge in [-0.15, -0.1) is 11.8 Å². The van der Waals surface area contributed by atoms with E-state index in [0.717, 1.165) is 6.42 Å². The van der Waals surface area contributed by atoms with Crippen LogP contribution in [0.2, 0.25) is 0 Å². The first-order chi connectivity index (χ1) is 9.03. The molecule has 19 heavy (non-hydrogen) atoms. The fourth-order valence-corrected chi connectivity index (χ4v) is 2.55. The maximum absolute atomic E-state index is 12.3. The predicted octanol–water partition coefficient (Wildman–Crippen LogP) is 1.71. The minimum Gasteiger partial charge on any atom is -0.396 e. The first kappa shape index (κ1) is 15.9. The van der Waals surface area contributed by atoms with Crippen molar-refractivity contribution < 1.29 is 9.90 Å². The highest BCUT2D eigenvalue weighted by Gasteiger charge is 2.19. The zero-order valence-electron chi connectivity index (χ0n) is 11.9. The van der Waals surface area contributed by atoms with Crippen LogP contribution in [0.1, 0.15) is 41.6 Å². The van der Waals surface area contributed by atoms with Crippen LogP contribution in [0.3, 0.4) is 0 Å². The third-order valence-electron chi connectivity index (χ3n) is 2.89. The van der Waals surface area contributed by atoms with Crippen molar-refractivity contribution in [2.45, 2.75) is 44.7 Å². The number of aliphatic hydroxyl groups is 1. The molecule has 0 saturated carbocycles. The Labute approximate surface area is 118 Å². The molecular formula is C13H21N3O2S. The Morgan fingerprint density at radius 1 is 1.42 bits per heavy atom. The number of carbonyl (C=O) groups excluding carboxylic acids is 1. The smallest absolute Gasteiger partial charge is 0.256 e. The van der Waals surface area contributed by atoms with Crippen molar-refractivity contribution in [3.8, 4) is 0 Å². The van der Waals surface area contributed by atoms with Crippen molar-refractivity contribution in [1.82, 2.24) is 15.3 Å². The zero-order chi connectivity index (χ0) is 14.4. The number of thioether (sulfide) groups is 1. The summed E-state index contributed by atoms with van der Waals surface area (Å²) >= 11 is 1.44. The Morgan fingerprint density at radius 2 is 2.11 bits per heavy atom. The van der Waals surface area contributed by atoms with Crippen LogP contribution in [0.15, 0.2) is 5.03 Å². The van der Waals surface area contributed by atoms with Crippen molar-refractivity contribution in [3.63, 3.8) is 0 Å². The van der Waals surface area contributed by atoms with Crippen LogP contribution in [0, 0.1) is 13.8 Å². The van der Waals surface area contributed by atoms with Gasteiger partial charge in [-0.3, -0.25) is 4.79 Å². The third kappa shape index (κ3) is 4.18. The molecule has 1 atom stereocenters. The summed E-state index contributed by atoms with van der Waals surface area (Å²) in [6.07, 6.45) is 3.23. The molecule has 1 rings (SSSR count). The van der Waals surface area contributed by atoms with Crippen LogP contribution in [0.5, 0.6) is 0 Å². The zero-order valence-corrected chi connectivity index (χ0v) is 12.7. The van der Waals surface area contributed by atoms with E-state index in [0.29, 0.717) is 28.5 Å². The molecule has 6 heteroatoms. The average molecular weight is 283 g/mol. The Morgan fingerprint density at radius 3 is 2.63 bits per heavy atom. The van der Waals surface area contributed by atoms with Gasteiger partial charge in [0.15, 0.2) is 0 Å². The maximum Gasteiger partial charge on any atom is 0.256 e. The second-order valence-corrected chi connectivity index (χ2v) is 5.13. The van der Waals surface area contributed by atoms with E-state index in [2.05, 4.69) is 15.3 Å². The second-order valence-electron chi connectivity index (χ2n) is 4.33. The van der Waals surface area contributed by atoms with Crippen LogP contribution in [0.4, 0.5) is 0 Å². The van der Waals surface area contributed by atoms with Crippen LogP contribution in [-0.2, 0) is 0 Å². The molecule has 0 aromatic carbocycles. The minimum atomic E-state index is -0.165. The Balaban J connectivity index is 2.98. The lowest BCUT2D eigenvalue weighted by Crippen LogP contribution is -2.36. The topological polar surface area (TPSA) is 75.1 Å². The largest absolute Gasteiger partial charge is 0.396 e. The van der Waals surface area contributed by atoms with E-state index in [4.69, 9.17) is 5.11 Å². The molecule has 0 fully saturated rings. The van der Waals surface area contributed by atoms with Crippen LogP contribution in [0.25, 0.3) is 0 Å². The molecule has 5 nitrogen and oxygen atoms in total. The van der Waals surface area contributed by atoms with Gasteiger partial charge in [-0.1, -0.05) is 6.92 Å². The number of hydrogen-bond acceptors (Lipinski definition) is 5. The molecule has 1 aromatic heterocycles. The summed E-state index contributed by atoms with van der Waals surface area (Å²) in [5, 5.41) is 12.6. The van der Waals surface area contributed by atoms with Crippen molar-refractivity contribution in [2.75, 3.05) is 12.9 Å². The number of nitrogens with one attached hydrogen (secondary N) is 1. The summed E-state index contributed by atoms with van der Waals surface area (Å²) in [5.41, 5.74) is 1.22. The fraction of sp³-hybridized carbons (Fsp3) is 0.615. The lowest BCUT2D eigenvalue weighted by atomic mass is 10.1. The standard InChI is InChI=1S/C13H21N3O2S/c1-5-10(6-7-17)16-12(18)11-8(2)14-9(3)15-13(11)19-4/h10,17H,5-7H2,1-4H3,(H,16,18). The Kier molecular flexibility index (Phi) is 6.24. The van der Waals surface area contributed by atoms with Gasteiger partial charge in [-0.25, -0.2) is 9.97 Å². The Bertz CT molecular complexity index is 452. The van der Waals surface area contributed by atoms with Gasteiger partial charge < -0.3 is 10.4 Å². The molecule has 1 aromatic rings. The van der Waals surface area contributed by atoms with E-state index in [1.54, 1.807) is 0 Å². The number of carbonyl (C=O) groups is 1. The number of hydrogen-bond donors (Lipinski definition) is 2. The predicted molar refractivity (Wildman–Crippen MR) is 76.5 cm³/mol. The molecule has 0 bridgehead atoms. The fourth-order valence-electron chi connectivity index (χ4n) is 1.88. The monoisotopic (exact) mass is 283 g/mol. The third-order valence-corrected chi connectivity index (χ3v) is 3.58. The summed E-state index contributed by atoms with van der Waals surface area (Å²) in [5.74, 6) is 0.503. The molecule has 0 saturated heterocycles. The summed E-state index contributed by atoms with van der Waals surface area (Å²) in [4.78, 5) is 20.9. The van der Waals surface area contributed by atoms with Gasteiger partial charge in [0.25, 0.3) is 5.91 Å². The Hall–Kier alpha value is -1.14.